The molecule has 60 heavy (non-hydrogen) atoms. The van der Waals surface area contributed by atoms with E-state index in [2.05, 4.69) is 55.6 Å². The summed E-state index contributed by atoms with van der Waals surface area (Å²) in [5.41, 5.74) is 0. The summed E-state index contributed by atoms with van der Waals surface area (Å²) in [6.45, 7) is 4.30. The lowest BCUT2D eigenvalue weighted by molar-refractivity contribution is -0.123. The third kappa shape index (κ3) is 47.4. The SMILES string of the molecule is CCCCCCCCC/C=C/CC/C=C/C(O)C(CO)NC(=O)CCCCCCCCCCCCCCCCCCC/C=C\C/C=C\CCCCCCCCCCCCC. The van der Waals surface area contributed by atoms with Crippen molar-refractivity contribution in [1.82, 2.24) is 5.32 Å². The van der Waals surface area contributed by atoms with Gasteiger partial charge >= 0.3 is 0 Å². The molecule has 0 spiro atoms. The summed E-state index contributed by atoms with van der Waals surface area (Å²) in [6, 6.07) is -0.638. The molecule has 0 aliphatic heterocycles. The van der Waals surface area contributed by atoms with Crippen molar-refractivity contribution in [1.29, 1.82) is 0 Å². The quantitative estimate of drug-likeness (QED) is 0.0422. The van der Waals surface area contributed by atoms with Crippen LogP contribution < -0.4 is 5.32 Å². The van der Waals surface area contributed by atoms with Crippen LogP contribution >= 0.6 is 0 Å². The maximum atomic E-state index is 12.4. The van der Waals surface area contributed by atoms with Gasteiger partial charge in [0, 0.05) is 6.42 Å². The molecule has 0 rings (SSSR count). The number of aliphatic hydroxyl groups is 2. The minimum Gasteiger partial charge on any atom is -0.394 e. The van der Waals surface area contributed by atoms with Crippen molar-refractivity contribution in [3.8, 4) is 0 Å². The fourth-order valence-electron chi connectivity index (χ4n) is 8.17. The van der Waals surface area contributed by atoms with Crippen LogP contribution in [0, 0.1) is 0 Å². The first-order chi connectivity index (χ1) is 29.7. The second-order valence-electron chi connectivity index (χ2n) is 18.3. The van der Waals surface area contributed by atoms with E-state index in [-0.39, 0.29) is 12.5 Å². The normalized spacial score (nSPS) is 13.2. The van der Waals surface area contributed by atoms with Gasteiger partial charge in [-0.1, -0.05) is 262 Å². The molecule has 2 unspecified atom stereocenters. The highest BCUT2D eigenvalue weighted by molar-refractivity contribution is 5.76. The van der Waals surface area contributed by atoms with E-state index in [0.29, 0.717) is 6.42 Å². The smallest absolute Gasteiger partial charge is 0.220 e. The summed E-state index contributed by atoms with van der Waals surface area (Å²) in [5.74, 6) is -0.0725. The van der Waals surface area contributed by atoms with Gasteiger partial charge in [0.25, 0.3) is 0 Å². The van der Waals surface area contributed by atoms with Crippen molar-refractivity contribution < 1.29 is 15.0 Å². The number of unbranched alkanes of at least 4 members (excludes halogenated alkanes) is 36. The molecule has 0 bridgehead atoms. The fourth-order valence-corrected chi connectivity index (χ4v) is 8.17. The van der Waals surface area contributed by atoms with Gasteiger partial charge in [0.05, 0.1) is 18.8 Å². The highest BCUT2D eigenvalue weighted by Crippen LogP contribution is 2.16. The van der Waals surface area contributed by atoms with E-state index >= 15 is 0 Å². The number of allylic oxidation sites excluding steroid dienone is 7. The number of nitrogens with one attached hydrogen (secondary N) is 1. The van der Waals surface area contributed by atoms with E-state index < -0.39 is 12.1 Å². The minimum absolute atomic E-state index is 0.0725. The van der Waals surface area contributed by atoms with Gasteiger partial charge in [-0.3, -0.25) is 4.79 Å². The Labute approximate surface area is 375 Å². The second-order valence-corrected chi connectivity index (χ2v) is 18.3. The zero-order valence-electron chi connectivity index (χ0n) is 40.5. The molecule has 2 atom stereocenters. The van der Waals surface area contributed by atoms with Gasteiger partial charge < -0.3 is 15.5 Å². The fraction of sp³-hybridized carbons (Fsp3) is 0.839. The summed E-state index contributed by atoms with van der Waals surface area (Å²) in [6.07, 6.45) is 71.3. The van der Waals surface area contributed by atoms with Crippen molar-refractivity contribution in [3.63, 3.8) is 0 Å². The Morgan fingerprint density at radius 1 is 0.400 bits per heavy atom. The lowest BCUT2D eigenvalue weighted by atomic mass is 10.0. The van der Waals surface area contributed by atoms with Crippen LogP contribution in [0.5, 0.6) is 0 Å². The van der Waals surface area contributed by atoms with Gasteiger partial charge in [-0.15, -0.1) is 0 Å². The molecule has 0 aromatic rings. The van der Waals surface area contributed by atoms with E-state index in [1.807, 2.05) is 6.08 Å². The highest BCUT2D eigenvalue weighted by atomic mass is 16.3. The second kappa shape index (κ2) is 51.7. The maximum Gasteiger partial charge on any atom is 0.220 e. The van der Waals surface area contributed by atoms with E-state index in [1.54, 1.807) is 6.08 Å². The Balaban J connectivity index is 3.45. The van der Waals surface area contributed by atoms with Crippen molar-refractivity contribution in [3.05, 3.63) is 48.6 Å². The first-order valence-electron chi connectivity index (χ1n) is 26.9. The summed E-state index contributed by atoms with van der Waals surface area (Å²) in [7, 11) is 0. The van der Waals surface area contributed by atoms with Crippen LogP contribution in [0.25, 0.3) is 0 Å². The van der Waals surface area contributed by atoms with Gasteiger partial charge in [-0.2, -0.15) is 0 Å². The molecular formula is C56H105NO3. The van der Waals surface area contributed by atoms with E-state index in [4.69, 9.17) is 0 Å². The Kier molecular flexibility index (Phi) is 50.3. The van der Waals surface area contributed by atoms with Gasteiger partial charge in [0.15, 0.2) is 0 Å². The molecular weight excluding hydrogens is 735 g/mol. The zero-order valence-corrected chi connectivity index (χ0v) is 40.5. The van der Waals surface area contributed by atoms with Crippen LogP contribution in [0.15, 0.2) is 48.6 Å². The van der Waals surface area contributed by atoms with Crippen LogP contribution in [-0.4, -0.2) is 34.9 Å². The topological polar surface area (TPSA) is 69.6 Å². The number of amides is 1. The molecule has 0 radical (unpaired) electrons. The Morgan fingerprint density at radius 3 is 1.07 bits per heavy atom. The van der Waals surface area contributed by atoms with Crippen LogP contribution in [0.2, 0.25) is 0 Å². The average molecular weight is 840 g/mol. The first kappa shape index (κ1) is 58.4. The number of rotatable bonds is 49. The largest absolute Gasteiger partial charge is 0.394 e. The average Bonchev–Trinajstić information content (AvgIpc) is 3.25. The van der Waals surface area contributed by atoms with Crippen LogP contribution in [-0.2, 0) is 4.79 Å². The van der Waals surface area contributed by atoms with E-state index in [1.165, 1.54) is 225 Å². The number of hydrogen-bond acceptors (Lipinski definition) is 3. The third-order valence-corrected chi connectivity index (χ3v) is 12.3. The number of carbonyl (C=O) groups excluding carboxylic acids is 1. The van der Waals surface area contributed by atoms with Crippen LogP contribution in [0.4, 0.5) is 0 Å². The van der Waals surface area contributed by atoms with Crippen molar-refractivity contribution >= 4 is 5.91 Å². The summed E-state index contributed by atoms with van der Waals surface area (Å²) >= 11 is 0. The third-order valence-electron chi connectivity index (χ3n) is 12.3. The van der Waals surface area contributed by atoms with Gasteiger partial charge in [0.1, 0.15) is 0 Å². The highest BCUT2D eigenvalue weighted by Gasteiger charge is 2.17. The Bertz CT molecular complexity index is 954. The maximum absolute atomic E-state index is 12.4. The summed E-state index contributed by atoms with van der Waals surface area (Å²) in [4.78, 5) is 12.4. The molecule has 0 aromatic heterocycles. The monoisotopic (exact) mass is 840 g/mol. The van der Waals surface area contributed by atoms with Crippen molar-refractivity contribution in [2.45, 2.75) is 296 Å². The van der Waals surface area contributed by atoms with Crippen molar-refractivity contribution in [2.75, 3.05) is 6.61 Å². The standard InChI is InChI=1S/C56H105NO3/c1-3-5-7-9-11-13-15-17-18-19-20-21-22-23-24-25-26-27-28-29-30-31-32-33-34-35-36-37-38-40-42-44-46-48-50-52-56(60)57-54(53-58)55(59)51-49-47-45-43-41-39-16-14-12-10-8-6-4-2/h22-23,25-26,41,43,49,51,54-55,58-59H,3-21,24,27-40,42,44-48,50,52-53H2,1-2H3,(H,57,60)/b23-22-,26-25-,43-41+,51-49+. The van der Waals surface area contributed by atoms with Gasteiger partial charge in [0.2, 0.25) is 5.91 Å². The molecule has 0 aliphatic carbocycles. The summed E-state index contributed by atoms with van der Waals surface area (Å²) < 4.78 is 0. The number of aliphatic hydroxyl groups excluding tert-OH is 2. The molecule has 4 nitrogen and oxygen atoms in total. The number of carbonyl (C=O) groups is 1. The molecule has 3 N–H and O–H groups in total. The predicted molar refractivity (Wildman–Crippen MR) is 267 cm³/mol. The van der Waals surface area contributed by atoms with Crippen LogP contribution in [0.1, 0.15) is 284 Å². The van der Waals surface area contributed by atoms with Crippen LogP contribution in [0.3, 0.4) is 0 Å². The predicted octanol–water partition coefficient (Wildman–Crippen LogP) is 17.5. The molecule has 0 fully saturated rings. The molecule has 4 heteroatoms. The van der Waals surface area contributed by atoms with E-state index in [9.17, 15) is 15.0 Å². The van der Waals surface area contributed by atoms with Crippen molar-refractivity contribution in [2.24, 2.45) is 0 Å². The molecule has 0 aromatic carbocycles. The first-order valence-corrected chi connectivity index (χ1v) is 26.9. The van der Waals surface area contributed by atoms with Gasteiger partial charge in [-0.25, -0.2) is 0 Å². The van der Waals surface area contributed by atoms with E-state index in [0.717, 1.165) is 38.5 Å². The molecule has 0 saturated carbocycles. The molecule has 1 amide bonds. The lowest BCUT2D eigenvalue weighted by Crippen LogP contribution is -2.45. The summed E-state index contributed by atoms with van der Waals surface area (Å²) in [5, 5.41) is 23.0. The molecule has 0 saturated heterocycles. The Morgan fingerprint density at radius 2 is 0.700 bits per heavy atom. The zero-order chi connectivity index (χ0) is 43.5. The molecule has 352 valence electrons. The molecule has 0 aliphatic rings. The lowest BCUT2D eigenvalue weighted by Gasteiger charge is -2.19. The Hall–Kier alpha value is -1.65. The van der Waals surface area contributed by atoms with Gasteiger partial charge in [-0.05, 0) is 64.2 Å². The minimum atomic E-state index is -0.861. The molecule has 0 heterocycles. The number of hydrogen-bond donors (Lipinski definition) is 3.